The van der Waals surface area contributed by atoms with Crippen LogP contribution in [0.2, 0.25) is 0 Å². The van der Waals surface area contributed by atoms with Gasteiger partial charge in [0.25, 0.3) is 10.1 Å². The maximum atomic E-state index is 12.8. The minimum absolute atomic E-state index is 0.387. The van der Waals surface area contributed by atoms with E-state index < -0.39 is 27.5 Å². The molecule has 0 bridgehead atoms. The van der Waals surface area contributed by atoms with Crippen molar-refractivity contribution in [1.82, 2.24) is 0 Å². The first-order valence-electron chi connectivity index (χ1n) is 3.28. The van der Waals surface area contributed by atoms with Gasteiger partial charge in [-0.25, -0.2) is 8.78 Å². The molecule has 72 valence electrons. The van der Waals surface area contributed by atoms with Gasteiger partial charge in [0.05, 0.1) is 0 Å². The first-order valence-corrected chi connectivity index (χ1v) is 4.89. The van der Waals surface area contributed by atoms with Crippen molar-refractivity contribution in [2.24, 2.45) is 0 Å². The smallest absolute Gasteiger partial charge is 0.269 e. The number of rotatable bonds is 2. The number of halogens is 2. The van der Waals surface area contributed by atoms with Gasteiger partial charge in [0, 0.05) is 5.56 Å². The van der Waals surface area contributed by atoms with Gasteiger partial charge in [-0.2, -0.15) is 8.42 Å². The van der Waals surface area contributed by atoms with E-state index in [9.17, 15) is 17.2 Å². The molecule has 0 atom stereocenters. The molecule has 0 aromatic heterocycles. The van der Waals surface area contributed by atoms with Crippen LogP contribution >= 0.6 is 0 Å². The van der Waals surface area contributed by atoms with Gasteiger partial charge < -0.3 is 0 Å². The second-order valence-electron chi connectivity index (χ2n) is 2.44. The summed E-state index contributed by atoms with van der Waals surface area (Å²) in [4.78, 5) is 0. The van der Waals surface area contributed by atoms with Crippen LogP contribution in [0.25, 0.3) is 0 Å². The molecule has 1 N–H and O–H groups in total. The minimum atomic E-state index is -4.32. The zero-order valence-corrected chi connectivity index (χ0v) is 7.18. The standard InChI is InChI=1S/C7H6F2O3S/c8-6-3-1-2-5(7(6)9)4-13(10,11)12/h1-3H,4H2,(H,10,11,12). The van der Waals surface area contributed by atoms with Crippen LogP contribution in [-0.4, -0.2) is 13.0 Å². The van der Waals surface area contributed by atoms with Gasteiger partial charge >= 0.3 is 0 Å². The maximum Gasteiger partial charge on any atom is 0.269 e. The van der Waals surface area contributed by atoms with E-state index >= 15 is 0 Å². The van der Waals surface area contributed by atoms with Gasteiger partial charge in [0.15, 0.2) is 11.6 Å². The van der Waals surface area contributed by atoms with Crippen LogP contribution in [0.3, 0.4) is 0 Å². The predicted octanol–water partition coefficient (Wildman–Crippen LogP) is 1.35. The van der Waals surface area contributed by atoms with Gasteiger partial charge in [0.1, 0.15) is 5.75 Å². The summed E-state index contributed by atoms with van der Waals surface area (Å²) in [6.07, 6.45) is 0. The normalized spacial score (nSPS) is 11.6. The third kappa shape index (κ3) is 2.74. The zero-order chi connectivity index (χ0) is 10.1. The summed E-state index contributed by atoms with van der Waals surface area (Å²) in [5.41, 5.74) is -0.387. The zero-order valence-electron chi connectivity index (χ0n) is 6.37. The Balaban J connectivity index is 3.10. The van der Waals surface area contributed by atoms with E-state index in [0.29, 0.717) is 0 Å². The SMILES string of the molecule is O=S(=O)(O)Cc1cccc(F)c1F. The Kier molecular flexibility index (Phi) is 2.63. The molecule has 0 spiro atoms. The van der Waals surface area contributed by atoms with Gasteiger partial charge in [-0.05, 0) is 6.07 Å². The van der Waals surface area contributed by atoms with Crippen LogP contribution < -0.4 is 0 Å². The molecule has 0 aliphatic rings. The van der Waals surface area contributed by atoms with Crippen LogP contribution in [0.4, 0.5) is 8.78 Å². The first kappa shape index (κ1) is 10.1. The predicted molar refractivity (Wildman–Crippen MR) is 41.6 cm³/mol. The topological polar surface area (TPSA) is 54.4 Å². The van der Waals surface area contributed by atoms with Crippen molar-refractivity contribution in [3.8, 4) is 0 Å². The molecule has 0 aliphatic heterocycles. The third-order valence-electron chi connectivity index (χ3n) is 1.37. The first-order chi connectivity index (χ1) is 5.90. The van der Waals surface area contributed by atoms with Crippen molar-refractivity contribution < 1.29 is 21.8 Å². The van der Waals surface area contributed by atoms with Crippen molar-refractivity contribution in [2.45, 2.75) is 5.75 Å². The minimum Gasteiger partial charge on any atom is -0.285 e. The fraction of sp³-hybridized carbons (Fsp3) is 0.143. The van der Waals surface area contributed by atoms with Crippen molar-refractivity contribution in [2.75, 3.05) is 0 Å². The Morgan fingerprint density at radius 2 is 1.92 bits per heavy atom. The van der Waals surface area contributed by atoms with Gasteiger partial charge in [0.2, 0.25) is 0 Å². The van der Waals surface area contributed by atoms with Gasteiger partial charge in [-0.3, -0.25) is 4.55 Å². The van der Waals surface area contributed by atoms with Crippen molar-refractivity contribution in [1.29, 1.82) is 0 Å². The van der Waals surface area contributed by atoms with E-state index in [1.54, 1.807) is 0 Å². The van der Waals surface area contributed by atoms with E-state index in [0.717, 1.165) is 12.1 Å². The molecule has 13 heavy (non-hydrogen) atoms. The molecule has 0 fully saturated rings. The summed E-state index contributed by atoms with van der Waals surface area (Å²) in [5, 5.41) is 0. The van der Waals surface area contributed by atoms with Crippen molar-refractivity contribution in [3.05, 3.63) is 35.4 Å². The van der Waals surface area contributed by atoms with Crippen LogP contribution in [0.5, 0.6) is 0 Å². The summed E-state index contributed by atoms with van der Waals surface area (Å²) in [7, 11) is -4.32. The van der Waals surface area contributed by atoms with Crippen LogP contribution in [0, 0.1) is 11.6 Å². The molecule has 0 amide bonds. The highest BCUT2D eigenvalue weighted by Gasteiger charge is 2.13. The molecule has 0 heterocycles. The van der Waals surface area contributed by atoms with Crippen LogP contribution in [0.1, 0.15) is 5.56 Å². The molecule has 0 aliphatic carbocycles. The molecule has 1 aromatic rings. The third-order valence-corrected chi connectivity index (χ3v) is 2.05. The molecule has 6 heteroatoms. The fourth-order valence-electron chi connectivity index (χ4n) is 0.856. The molecule has 0 saturated carbocycles. The highest BCUT2D eigenvalue weighted by atomic mass is 32.2. The number of benzene rings is 1. The van der Waals surface area contributed by atoms with Crippen molar-refractivity contribution >= 4 is 10.1 Å². The van der Waals surface area contributed by atoms with Crippen molar-refractivity contribution in [3.63, 3.8) is 0 Å². The summed E-state index contributed by atoms with van der Waals surface area (Å²) in [6, 6.07) is 3.12. The lowest BCUT2D eigenvalue weighted by molar-refractivity contribution is 0.475. The van der Waals surface area contributed by atoms with E-state index in [1.807, 2.05) is 0 Å². The summed E-state index contributed by atoms with van der Waals surface area (Å²) < 4.78 is 54.3. The highest BCUT2D eigenvalue weighted by Crippen LogP contribution is 2.13. The van der Waals surface area contributed by atoms with Gasteiger partial charge in [-0.1, -0.05) is 12.1 Å². The Morgan fingerprint density at radius 3 is 2.46 bits per heavy atom. The fourth-order valence-corrected chi connectivity index (χ4v) is 1.47. The summed E-state index contributed by atoms with van der Waals surface area (Å²) in [5.74, 6) is -3.31. The van der Waals surface area contributed by atoms with E-state index in [2.05, 4.69) is 0 Å². The molecule has 0 saturated heterocycles. The average molecular weight is 208 g/mol. The lowest BCUT2D eigenvalue weighted by Gasteiger charge is -2.00. The Labute approximate surface area is 73.8 Å². The Morgan fingerprint density at radius 1 is 1.31 bits per heavy atom. The highest BCUT2D eigenvalue weighted by molar-refractivity contribution is 7.85. The molecule has 3 nitrogen and oxygen atoms in total. The Hall–Kier alpha value is -1.01. The molecular formula is C7H6F2O3S. The average Bonchev–Trinajstić information content (AvgIpc) is 1.96. The second kappa shape index (κ2) is 3.39. The Bertz CT molecular complexity index is 414. The molecule has 1 rings (SSSR count). The summed E-state index contributed by atoms with van der Waals surface area (Å²) in [6.45, 7) is 0. The van der Waals surface area contributed by atoms with Crippen LogP contribution in [-0.2, 0) is 15.9 Å². The lowest BCUT2D eigenvalue weighted by atomic mass is 10.2. The van der Waals surface area contributed by atoms with E-state index in [-0.39, 0.29) is 5.56 Å². The quantitative estimate of drug-likeness (QED) is 0.746. The number of hydrogen-bond acceptors (Lipinski definition) is 2. The maximum absolute atomic E-state index is 12.8. The van der Waals surface area contributed by atoms with Gasteiger partial charge in [-0.15, -0.1) is 0 Å². The molecule has 0 unspecified atom stereocenters. The summed E-state index contributed by atoms with van der Waals surface area (Å²) >= 11 is 0. The monoisotopic (exact) mass is 208 g/mol. The second-order valence-corrected chi connectivity index (χ2v) is 3.89. The largest absolute Gasteiger partial charge is 0.285 e. The van der Waals surface area contributed by atoms with E-state index in [4.69, 9.17) is 4.55 Å². The van der Waals surface area contributed by atoms with Crippen LogP contribution in [0.15, 0.2) is 18.2 Å². The lowest BCUT2D eigenvalue weighted by Crippen LogP contribution is -2.04. The van der Waals surface area contributed by atoms with E-state index in [1.165, 1.54) is 6.07 Å². The number of hydrogen-bond donors (Lipinski definition) is 1. The molecular weight excluding hydrogens is 202 g/mol. The molecule has 1 aromatic carbocycles. The molecule has 0 radical (unpaired) electrons.